The molecule has 0 aliphatic carbocycles. The van der Waals surface area contributed by atoms with Gasteiger partial charge in [-0.3, -0.25) is 9.69 Å². The van der Waals surface area contributed by atoms with Gasteiger partial charge in [-0.1, -0.05) is 42.2 Å². The van der Waals surface area contributed by atoms with E-state index in [0.29, 0.717) is 40.3 Å². The maximum Gasteiger partial charge on any atom is 0.419 e. The molecule has 0 radical (unpaired) electrons. The van der Waals surface area contributed by atoms with Gasteiger partial charge in [0.25, 0.3) is 5.91 Å². The molecule has 0 bridgehead atoms. The minimum Gasteiger partial charge on any atom is -0.429 e. The van der Waals surface area contributed by atoms with E-state index in [9.17, 15) is 13.6 Å². The number of nitrogens with zero attached hydrogens (tertiary/aromatic N) is 1. The van der Waals surface area contributed by atoms with Crippen LogP contribution in [0.15, 0.2) is 41.3 Å². The number of thiocarbonyl (C=S) groups is 1. The van der Waals surface area contributed by atoms with E-state index in [-0.39, 0.29) is 17.8 Å². The van der Waals surface area contributed by atoms with Crippen molar-refractivity contribution in [1.29, 1.82) is 0 Å². The highest BCUT2D eigenvalue weighted by Crippen LogP contribution is 2.34. The summed E-state index contributed by atoms with van der Waals surface area (Å²) in [5.74, 6) is -0.229. The van der Waals surface area contributed by atoms with Crippen molar-refractivity contribution >= 4 is 40.3 Å². The number of hydrogen-bond donors (Lipinski definition) is 1. The number of alkyl halides is 2. The zero-order valence-corrected chi connectivity index (χ0v) is 16.6. The van der Waals surface area contributed by atoms with E-state index < -0.39 is 12.4 Å². The number of aliphatic hydroxyl groups excluding tert-OH is 1. The summed E-state index contributed by atoms with van der Waals surface area (Å²) >= 11 is 6.44. The Labute approximate surface area is 171 Å². The molecule has 5 nitrogen and oxygen atoms in total. The fourth-order valence-electron chi connectivity index (χ4n) is 2.69. The smallest absolute Gasteiger partial charge is 0.419 e. The molecule has 0 spiro atoms. The maximum atomic E-state index is 13.6. The van der Waals surface area contributed by atoms with Gasteiger partial charge in [0.05, 0.1) is 4.91 Å². The molecule has 1 amide bonds. The molecule has 9 heteroatoms. The van der Waals surface area contributed by atoms with Crippen LogP contribution in [0.4, 0.5) is 8.78 Å². The molecule has 28 heavy (non-hydrogen) atoms. The van der Waals surface area contributed by atoms with Crippen molar-refractivity contribution in [1.82, 2.24) is 4.90 Å². The molecule has 0 aromatic heterocycles. The molecule has 2 aliphatic rings. The Bertz CT molecular complexity index is 828. The van der Waals surface area contributed by atoms with E-state index in [1.807, 2.05) is 0 Å². The lowest BCUT2D eigenvalue weighted by Crippen LogP contribution is -2.29. The van der Waals surface area contributed by atoms with Crippen LogP contribution in [0.2, 0.25) is 0 Å². The normalized spacial score (nSPS) is 23.9. The highest BCUT2D eigenvalue weighted by molar-refractivity contribution is 8.26. The van der Waals surface area contributed by atoms with Gasteiger partial charge in [0, 0.05) is 12.6 Å². The summed E-state index contributed by atoms with van der Waals surface area (Å²) in [7, 11) is 0. The third kappa shape index (κ3) is 5.38. The third-order valence-electron chi connectivity index (χ3n) is 4.07. The monoisotopic (exact) mass is 427 g/mol. The first-order valence-electron chi connectivity index (χ1n) is 8.69. The largest absolute Gasteiger partial charge is 0.429 e. The Morgan fingerprint density at radius 1 is 1.46 bits per heavy atom. The van der Waals surface area contributed by atoms with Gasteiger partial charge in [-0.25, -0.2) is 0 Å². The molecule has 2 heterocycles. The van der Waals surface area contributed by atoms with Crippen LogP contribution < -0.4 is 4.74 Å². The highest BCUT2D eigenvalue weighted by Gasteiger charge is 2.37. The summed E-state index contributed by atoms with van der Waals surface area (Å²) in [4.78, 5) is 14.5. The standard InChI is InChI=1S/C19H19F2NO4S2/c1-2-8-19(20,21)26-13-6-3-5-12(10-13)11-15-16(23)22(18(27)28-15)9-4-7-14-17(24)25-14/h2-3,5-6,8,10-11,14,17,24H,4,7,9H2,1H3/b8-2+,15-11-/t14-,17?/m0/s1. The zero-order valence-electron chi connectivity index (χ0n) is 15.0. The Kier molecular flexibility index (Phi) is 6.49. The molecular formula is C19H19F2NO4S2. The van der Waals surface area contributed by atoms with E-state index in [1.165, 1.54) is 41.8 Å². The van der Waals surface area contributed by atoms with Crippen molar-refractivity contribution in [3.05, 3.63) is 46.9 Å². The Hall–Kier alpha value is -1.81. The average molecular weight is 427 g/mol. The summed E-state index contributed by atoms with van der Waals surface area (Å²) in [5, 5.41) is 9.15. The van der Waals surface area contributed by atoms with Crippen LogP contribution in [0, 0.1) is 0 Å². The Balaban J connectivity index is 1.65. The van der Waals surface area contributed by atoms with Gasteiger partial charge in [0.2, 0.25) is 0 Å². The predicted molar refractivity (Wildman–Crippen MR) is 107 cm³/mol. The quantitative estimate of drug-likeness (QED) is 0.294. The maximum absolute atomic E-state index is 13.6. The van der Waals surface area contributed by atoms with Crippen molar-refractivity contribution in [3.63, 3.8) is 0 Å². The fourth-order valence-corrected chi connectivity index (χ4v) is 4.00. The van der Waals surface area contributed by atoms with Gasteiger partial charge in [0.15, 0.2) is 6.29 Å². The van der Waals surface area contributed by atoms with E-state index in [1.54, 1.807) is 18.2 Å². The number of benzene rings is 1. The van der Waals surface area contributed by atoms with Gasteiger partial charge < -0.3 is 14.6 Å². The molecule has 150 valence electrons. The third-order valence-corrected chi connectivity index (χ3v) is 5.45. The van der Waals surface area contributed by atoms with Gasteiger partial charge in [-0.2, -0.15) is 8.78 Å². The first kappa shape index (κ1) is 20.9. The highest BCUT2D eigenvalue weighted by atomic mass is 32.2. The van der Waals surface area contributed by atoms with Crippen LogP contribution >= 0.6 is 24.0 Å². The lowest BCUT2D eigenvalue weighted by molar-refractivity contribution is -0.131. The predicted octanol–water partition coefficient (Wildman–Crippen LogP) is 3.93. The Morgan fingerprint density at radius 3 is 2.89 bits per heavy atom. The molecule has 2 fully saturated rings. The number of carbonyl (C=O) groups excluding carboxylic acids is 1. The lowest BCUT2D eigenvalue weighted by atomic mass is 10.2. The first-order valence-corrected chi connectivity index (χ1v) is 9.91. The molecule has 1 N–H and O–H groups in total. The number of allylic oxidation sites excluding steroid dienone is 1. The minimum atomic E-state index is -3.41. The van der Waals surface area contributed by atoms with Crippen molar-refractivity contribution in [2.75, 3.05) is 6.54 Å². The van der Waals surface area contributed by atoms with E-state index in [0.717, 1.165) is 0 Å². The molecule has 2 saturated heterocycles. The second-order valence-corrected chi connectivity index (χ2v) is 7.95. The van der Waals surface area contributed by atoms with Crippen LogP contribution in [0.25, 0.3) is 6.08 Å². The van der Waals surface area contributed by atoms with Crippen molar-refractivity contribution in [3.8, 4) is 5.75 Å². The lowest BCUT2D eigenvalue weighted by Gasteiger charge is -2.14. The number of epoxide rings is 1. The van der Waals surface area contributed by atoms with Crippen molar-refractivity contribution in [2.45, 2.75) is 38.3 Å². The van der Waals surface area contributed by atoms with E-state index >= 15 is 0 Å². The number of halogens is 2. The molecule has 1 aromatic rings. The van der Waals surface area contributed by atoms with Crippen LogP contribution in [-0.2, 0) is 9.53 Å². The van der Waals surface area contributed by atoms with Crippen molar-refractivity contribution in [2.24, 2.45) is 0 Å². The summed E-state index contributed by atoms with van der Waals surface area (Å²) in [6, 6.07) is 6.14. The van der Waals surface area contributed by atoms with Gasteiger partial charge in [-0.15, -0.1) is 0 Å². The number of rotatable bonds is 8. The van der Waals surface area contributed by atoms with Crippen LogP contribution in [0.1, 0.15) is 25.3 Å². The number of thioether (sulfide) groups is 1. The Morgan fingerprint density at radius 2 is 2.21 bits per heavy atom. The van der Waals surface area contributed by atoms with Crippen LogP contribution in [0.3, 0.4) is 0 Å². The van der Waals surface area contributed by atoms with E-state index in [2.05, 4.69) is 0 Å². The SMILES string of the molecule is C/C=C/C(F)(F)Oc1cccc(/C=C2\SC(=S)N(CCC[C@@H]3OC3O)C2=O)c1. The van der Waals surface area contributed by atoms with Gasteiger partial charge in [-0.05, 0) is 43.5 Å². The molecule has 3 rings (SSSR count). The molecule has 1 unspecified atom stereocenters. The number of hydrogen-bond acceptors (Lipinski definition) is 6. The molecular weight excluding hydrogens is 408 g/mol. The summed E-state index contributed by atoms with van der Waals surface area (Å²) in [5.41, 5.74) is 0.559. The summed E-state index contributed by atoms with van der Waals surface area (Å²) in [6.07, 6.45) is 0.533. The summed E-state index contributed by atoms with van der Waals surface area (Å²) in [6.45, 7) is 1.92. The fraction of sp³-hybridized carbons (Fsp3) is 0.368. The van der Waals surface area contributed by atoms with E-state index in [4.69, 9.17) is 26.8 Å². The number of aliphatic hydroxyl groups is 1. The molecule has 0 saturated carbocycles. The number of ether oxygens (including phenoxy) is 2. The molecule has 2 atom stereocenters. The van der Waals surface area contributed by atoms with Gasteiger partial charge in [0.1, 0.15) is 16.2 Å². The topological polar surface area (TPSA) is 62.3 Å². The van der Waals surface area contributed by atoms with Gasteiger partial charge >= 0.3 is 6.11 Å². The van der Waals surface area contributed by atoms with Crippen molar-refractivity contribution < 1.29 is 28.2 Å². The summed E-state index contributed by atoms with van der Waals surface area (Å²) < 4.78 is 37.2. The average Bonchev–Trinajstić information content (AvgIpc) is 3.25. The number of carbonyl (C=O) groups is 1. The second-order valence-electron chi connectivity index (χ2n) is 6.28. The van der Waals surface area contributed by atoms with Crippen LogP contribution in [-0.4, -0.2) is 45.3 Å². The second kappa shape index (κ2) is 8.69. The minimum absolute atomic E-state index is 0.00433. The number of amides is 1. The van der Waals surface area contributed by atoms with Crippen LogP contribution in [0.5, 0.6) is 5.75 Å². The molecule has 2 aliphatic heterocycles. The zero-order chi connectivity index (χ0) is 20.3. The first-order chi connectivity index (χ1) is 13.3. The molecule has 1 aromatic carbocycles.